The summed E-state index contributed by atoms with van der Waals surface area (Å²) in [6, 6.07) is 19.4. The molecule has 0 atom stereocenters. The van der Waals surface area contributed by atoms with Gasteiger partial charge in [0, 0.05) is 32.7 Å². The Balaban J connectivity index is 0.000000586. The van der Waals surface area contributed by atoms with E-state index in [1.54, 1.807) is 18.2 Å². The van der Waals surface area contributed by atoms with Crippen LogP contribution in [0.1, 0.15) is 33.2 Å². The third-order valence-corrected chi connectivity index (χ3v) is 6.23. The predicted molar refractivity (Wildman–Crippen MR) is 167 cm³/mol. The minimum atomic E-state index is -3.67. The number of likely N-dealkylation sites (N-methyl/N-ethyl adjacent to an activating group) is 1. The van der Waals surface area contributed by atoms with E-state index in [2.05, 4.69) is 22.0 Å². The van der Waals surface area contributed by atoms with Crippen molar-refractivity contribution in [2.75, 3.05) is 50.6 Å². The van der Waals surface area contributed by atoms with E-state index in [1.165, 1.54) is 12.1 Å². The average molecular weight is 652 g/mol. The molecule has 0 saturated carbocycles. The maximum atomic E-state index is 13.1. The van der Waals surface area contributed by atoms with E-state index in [-0.39, 0.29) is 22.6 Å². The number of carbonyl (C=O) groups excluding carboxylic acids is 1. The number of phenolic OH excluding ortho intramolecular Hbond substituents is 1. The highest BCUT2D eigenvalue weighted by Gasteiger charge is 2.19. The molecule has 3 aromatic carbocycles. The molecule has 0 spiro atoms. The fourth-order valence-electron chi connectivity index (χ4n) is 4.22. The van der Waals surface area contributed by atoms with Crippen molar-refractivity contribution < 1.29 is 45.7 Å². The van der Waals surface area contributed by atoms with Crippen molar-refractivity contribution >= 4 is 37.8 Å². The standard InChI is InChI=1S/C27H29N3O4.2CH4O3S/c1-2-29-12-14-30(15-13-29)18-19-8-11-25(31)23(16-19)26(32)28-24-17-21(9-10-22(24)27(33)34)20-6-4-3-5-7-20;2*1-5(2,3)4/h3-11,16-17,31H,2,12-15,18H2,1H3,(H,28,32)(H,33,34);2*1H3,(H,2,3,4). The highest BCUT2D eigenvalue weighted by atomic mass is 32.2. The van der Waals surface area contributed by atoms with Gasteiger partial charge in [-0.1, -0.05) is 49.4 Å². The van der Waals surface area contributed by atoms with Crippen LogP contribution in [0.25, 0.3) is 11.1 Å². The lowest BCUT2D eigenvalue weighted by Gasteiger charge is -2.34. The second-order valence-electron chi connectivity index (χ2n) is 9.91. The fraction of sp³-hybridized carbons (Fsp3) is 0.310. The molecule has 0 radical (unpaired) electrons. The number of phenols is 1. The van der Waals surface area contributed by atoms with Gasteiger partial charge < -0.3 is 20.4 Å². The van der Waals surface area contributed by atoms with Crippen molar-refractivity contribution in [2.24, 2.45) is 0 Å². The summed E-state index contributed by atoms with van der Waals surface area (Å²) < 4.78 is 51.7. The van der Waals surface area contributed by atoms with Crippen molar-refractivity contribution in [2.45, 2.75) is 13.5 Å². The Morgan fingerprint density at radius 3 is 1.84 bits per heavy atom. The lowest BCUT2D eigenvalue weighted by Crippen LogP contribution is -2.45. The van der Waals surface area contributed by atoms with Crippen LogP contribution in [0.2, 0.25) is 0 Å². The molecule has 4 rings (SSSR count). The van der Waals surface area contributed by atoms with Crippen LogP contribution in [0, 0.1) is 0 Å². The second-order valence-corrected chi connectivity index (χ2v) is 12.8. The molecule has 1 fully saturated rings. The highest BCUT2D eigenvalue weighted by molar-refractivity contribution is 7.85. The highest BCUT2D eigenvalue weighted by Crippen LogP contribution is 2.28. The average Bonchev–Trinajstić information content (AvgIpc) is 2.93. The smallest absolute Gasteiger partial charge is 0.337 e. The van der Waals surface area contributed by atoms with Crippen molar-refractivity contribution in [1.29, 1.82) is 0 Å². The molecular weight excluding hydrogens is 614 g/mol. The van der Waals surface area contributed by atoms with Gasteiger partial charge in [-0.15, -0.1) is 0 Å². The molecule has 1 heterocycles. The number of hydrogen-bond donors (Lipinski definition) is 5. The monoisotopic (exact) mass is 651 g/mol. The number of aromatic carboxylic acids is 1. The zero-order valence-corrected chi connectivity index (χ0v) is 26.2. The molecule has 44 heavy (non-hydrogen) atoms. The maximum absolute atomic E-state index is 13.1. The second kappa shape index (κ2) is 16.3. The van der Waals surface area contributed by atoms with Gasteiger partial charge >= 0.3 is 5.97 Å². The summed E-state index contributed by atoms with van der Waals surface area (Å²) in [7, 11) is -7.33. The summed E-state index contributed by atoms with van der Waals surface area (Å²) in [4.78, 5) is 29.6. The number of aromatic hydroxyl groups is 1. The Morgan fingerprint density at radius 2 is 1.32 bits per heavy atom. The third kappa shape index (κ3) is 13.6. The lowest BCUT2D eigenvalue weighted by molar-refractivity contribution is 0.0698. The van der Waals surface area contributed by atoms with Crippen LogP contribution < -0.4 is 5.32 Å². The van der Waals surface area contributed by atoms with E-state index in [4.69, 9.17) is 9.11 Å². The topological polar surface area (TPSA) is 202 Å². The molecule has 15 heteroatoms. The zero-order valence-electron chi connectivity index (χ0n) is 24.5. The van der Waals surface area contributed by atoms with E-state index in [1.807, 2.05) is 36.4 Å². The summed E-state index contributed by atoms with van der Waals surface area (Å²) in [6.07, 6.45) is 1.43. The minimum absolute atomic E-state index is 0.0162. The number of carbonyl (C=O) groups is 2. The quantitative estimate of drug-likeness (QED) is 0.234. The molecule has 5 N–H and O–H groups in total. The van der Waals surface area contributed by atoms with Gasteiger partial charge in [0.05, 0.1) is 29.3 Å². The summed E-state index contributed by atoms with van der Waals surface area (Å²) in [5, 5.41) is 22.7. The molecule has 1 aliphatic rings. The van der Waals surface area contributed by atoms with Crippen molar-refractivity contribution in [3.8, 4) is 16.9 Å². The summed E-state index contributed by atoms with van der Waals surface area (Å²) in [5.41, 5.74) is 2.89. The Kier molecular flexibility index (Phi) is 13.4. The number of amides is 1. The van der Waals surface area contributed by atoms with Crippen LogP contribution in [0.3, 0.4) is 0 Å². The first-order chi connectivity index (χ1) is 20.4. The van der Waals surface area contributed by atoms with Gasteiger partial charge in [-0.3, -0.25) is 18.8 Å². The maximum Gasteiger partial charge on any atom is 0.337 e. The molecule has 3 aromatic rings. The molecule has 0 aromatic heterocycles. The van der Waals surface area contributed by atoms with E-state index in [0.29, 0.717) is 19.1 Å². The molecule has 240 valence electrons. The molecular formula is C29H37N3O10S2. The molecule has 1 saturated heterocycles. The van der Waals surface area contributed by atoms with Crippen LogP contribution in [0.15, 0.2) is 66.7 Å². The Hall–Kier alpha value is -3.86. The molecule has 1 amide bonds. The number of benzene rings is 3. The Morgan fingerprint density at radius 1 is 0.773 bits per heavy atom. The molecule has 0 unspecified atom stereocenters. The molecule has 1 aliphatic heterocycles. The van der Waals surface area contributed by atoms with Crippen LogP contribution >= 0.6 is 0 Å². The Bertz CT molecular complexity index is 1590. The normalized spacial score (nSPS) is 13.9. The number of hydrogen-bond acceptors (Lipinski definition) is 9. The first kappa shape index (κ1) is 36.3. The number of nitrogens with zero attached hydrogens (tertiary/aromatic N) is 2. The van der Waals surface area contributed by atoms with E-state index >= 15 is 0 Å². The van der Waals surface area contributed by atoms with Crippen molar-refractivity contribution in [1.82, 2.24) is 9.80 Å². The van der Waals surface area contributed by atoms with Crippen LogP contribution in [0.4, 0.5) is 5.69 Å². The molecule has 13 nitrogen and oxygen atoms in total. The number of anilines is 1. The number of piperazine rings is 1. The lowest BCUT2D eigenvalue weighted by atomic mass is 10.0. The van der Waals surface area contributed by atoms with Crippen molar-refractivity contribution in [3.63, 3.8) is 0 Å². The predicted octanol–water partition coefficient (Wildman–Crippen LogP) is 3.16. The van der Waals surface area contributed by atoms with Crippen LogP contribution in [0.5, 0.6) is 5.75 Å². The minimum Gasteiger partial charge on any atom is -0.507 e. The van der Waals surface area contributed by atoms with Gasteiger partial charge in [0.25, 0.3) is 26.1 Å². The summed E-state index contributed by atoms with van der Waals surface area (Å²) in [5.74, 6) is -1.84. The Labute approximate surface area is 257 Å². The molecule has 0 aliphatic carbocycles. The third-order valence-electron chi connectivity index (χ3n) is 6.23. The SMILES string of the molecule is CCN1CCN(Cc2ccc(O)c(C(=O)Nc3cc(-c4ccccc4)ccc3C(=O)O)c2)CC1.CS(=O)(=O)O.CS(=O)(=O)O. The number of carboxylic acids is 1. The van der Waals surface area contributed by atoms with Gasteiger partial charge in [0.1, 0.15) is 5.75 Å². The zero-order chi connectivity index (χ0) is 33.1. The summed E-state index contributed by atoms with van der Waals surface area (Å²) in [6.45, 7) is 7.80. The van der Waals surface area contributed by atoms with Gasteiger partial charge in [-0.05, 0) is 47.5 Å². The van der Waals surface area contributed by atoms with Gasteiger partial charge in [-0.25, -0.2) is 4.79 Å². The van der Waals surface area contributed by atoms with Crippen LogP contribution in [-0.2, 0) is 26.8 Å². The molecule has 0 bridgehead atoms. The van der Waals surface area contributed by atoms with Gasteiger partial charge in [0.15, 0.2) is 0 Å². The first-order valence-electron chi connectivity index (χ1n) is 13.3. The largest absolute Gasteiger partial charge is 0.507 e. The number of nitrogens with one attached hydrogen (secondary N) is 1. The van der Waals surface area contributed by atoms with Crippen LogP contribution in [-0.4, -0.2) is 103 Å². The van der Waals surface area contributed by atoms with Crippen molar-refractivity contribution in [3.05, 3.63) is 83.4 Å². The number of rotatable bonds is 7. The first-order valence-corrected chi connectivity index (χ1v) is 17.0. The van der Waals surface area contributed by atoms with E-state index in [9.17, 15) is 36.6 Å². The van der Waals surface area contributed by atoms with E-state index < -0.39 is 32.1 Å². The van der Waals surface area contributed by atoms with E-state index in [0.717, 1.165) is 49.4 Å². The fourth-order valence-corrected chi connectivity index (χ4v) is 4.22. The van der Waals surface area contributed by atoms with Gasteiger partial charge in [0.2, 0.25) is 0 Å². The number of carboxylic acid groups (broad SMARTS) is 1. The summed E-state index contributed by atoms with van der Waals surface area (Å²) >= 11 is 0. The van der Waals surface area contributed by atoms with Gasteiger partial charge in [-0.2, -0.15) is 16.8 Å².